The third-order valence-corrected chi connectivity index (χ3v) is 4.94. The van der Waals surface area contributed by atoms with Crippen LogP contribution in [-0.4, -0.2) is 46.3 Å². The third-order valence-electron chi connectivity index (χ3n) is 4.94. The minimum Gasteiger partial charge on any atom is -0.390 e. The van der Waals surface area contributed by atoms with E-state index in [1.54, 1.807) is 0 Å². The Morgan fingerprint density at radius 2 is 1.71 bits per heavy atom. The van der Waals surface area contributed by atoms with Crippen molar-refractivity contribution in [2.75, 3.05) is 13.2 Å². The van der Waals surface area contributed by atoms with Crippen LogP contribution in [0.5, 0.6) is 0 Å². The Morgan fingerprint density at radius 1 is 1.06 bits per heavy atom. The first-order valence-corrected chi connectivity index (χ1v) is 6.69. The van der Waals surface area contributed by atoms with Crippen LogP contribution in [0.4, 0.5) is 0 Å². The molecule has 4 saturated carbocycles. The highest BCUT2D eigenvalue weighted by Crippen LogP contribution is 2.60. The second kappa shape index (κ2) is 3.05. The van der Waals surface area contributed by atoms with Gasteiger partial charge in [-0.1, -0.05) is 0 Å². The lowest BCUT2D eigenvalue weighted by Gasteiger charge is -2.62. The third kappa shape index (κ3) is 1.73. The summed E-state index contributed by atoms with van der Waals surface area (Å²) in [6, 6.07) is 0. The molecule has 3 unspecified atom stereocenters. The minimum atomic E-state index is -0.682. The summed E-state index contributed by atoms with van der Waals surface area (Å²) in [6.45, 7) is 1.42. The van der Waals surface area contributed by atoms with Crippen molar-refractivity contribution in [2.45, 2.75) is 61.4 Å². The summed E-state index contributed by atoms with van der Waals surface area (Å²) in [4.78, 5) is 0. The highest BCUT2D eigenvalue weighted by Gasteiger charge is 2.63. The summed E-state index contributed by atoms with van der Waals surface area (Å²) in [5.41, 5.74) is -1.65. The van der Waals surface area contributed by atoms with Crippen LogP contribution in [0, 0.1) is 5.92 Å². The zero-order valence-electron chi connectivity index (χ0n) is 10.0. The Kier molecular flexibility index (Phi) is 1.92. The van der Waals surface area contributed by atoms with E-state index in [1.165, 1.54) is 0 Å². The van der Waals surface area contributed by atoms with Gasteiger partial charge in [-0.15, -0.1) is 0 Å². The summed E-state index contributed by atoms with van der Waals surface area (Å²) >= 11 is 0. The molecule has 1 aliphatic heterocycles. The van der Waals surface area contributed by atoms with Crippen molar-refractivity contribution in [3.63, 3.8) is 0 Å². The molecule has 1 saturated heterocycles. The normalized spacial score (nSPS) is 59.6. The van der Waals surface area contributed by atoms with Crippen LogP contribution in [0.2, 0.25) is 0 Å². The second-order valence-corrected chi connectivity index (χ2v) is 6.91. The maximum absolute atomic E-state index is 10.5. The van der Waals surface area contributed by atoms with Gasteiger partial charge in [0.25, 0.3) is 0 Å². The first-order valence-electron chi connectivity index (χ1n) is 6.69. The van der Waals surface area contributed by atoms with Crippen molar-refractivity contribution in [2.24, 2.45) is 5.92 Å². The molecule has 17 heavy (non-hydrogen) atoms. The molecule has 5 rings (SSSR count). The molecule has 4 heteroatoms. The van der Waals surface area contributed by atoms with Crippen LogP contribution in [0.1, 0.15) is 38.5 Å². The molecule has 0 spiro atoms. The smallest absolute Gasteiger partial charge is 0.104 e. The molecule has 1 heterocycles. The van der Waals surface area contributed by atoms with Crippen LogP contribution in [-0.2, 0) is 9.47 Å². The Balaban J connectivity index is 1.58. The predicted octanol–water partition coefficient (Wildman–Crippen LogP) is 0.600. The van der Waals surface area contributed by atoms with Crippen molar-refractivity contribution >= 4 is 0 Å². The summed E-state index contributed by atoms with van der Waals surface area (Å²) < 4.78 is 11.2. The molecule has 5 aliphatic rings. The number of hydrogen-bond donors (Lipinski definition) is 2. The molecule has 96 valence electrons. The quantitative estimate of drug-likeness (QED) is 0.709. The van der Waals surface area contributed by atoms with E-state index in [-0.39, 0.29) is 11.7 Å². The van der Waals surface area contributed by atoms with Crippen LogP contribution < -0.4 is 0 Å². The van der Waals surface area contributed by atoms with E-state index in [2.05, 4.69) is 0 Å². The number of rotatable bonds is 3. The molecular weight excluding hydrogens is 220 g/mol. The van der Waals surface area contributed by atoms with Gasteiger partial charge >= 0.3 is 0 Å². The van der Waals surface area contributed by atoms with E-state index < -0.39 is 11.2 Å². The van der Waals surface area contributed by atoms with Crippen molar-refractivity contribution in [1.29, 1.82) is 0 Å². The van der Waals surface area contributed by atoms with Gasteiger partial charge in [-0.05, 0) is 25.2 Å². The first-order chi connectivity index (χ1) is 7.99. The maximum atomic E-state index is 10.5. The van der Waals surface area contributed by atoms with Crippen molar-refractivity contribution < 1.29 is 19.7 Å². The maximum Gasteiger partial charge on any atom is 0.104 e. The van der Waals surface area contributed by atoms with Crippen molar-refractivity contribution in [3.8, 4) is 0 Å². The van der Waals surface area contributed by atoms with E-state index in [0.29, 0.717) is 31.8 Å². The van der Waals surface area contributed by atoms with Crippen LogP contribution in [0.15, 0.2) is 0 Å². The lowest BCUT2D eigenvalue weighted by Crippen LogP contribution is -2.66. The van der Waals surface area contributed by atoms with Crippen molar-refractivity contribution in [3.05, 3.63) is 0 Å². The SMILES string of the molecule is OC12CC3CC(O)(C1)CC(OCC1CO1)(C3)C2. The van der Waals surface area contributed by atoms with E-state index >= 15 is 0 Å². The minimum absolute atomic E-state index is 0.257. The molecule has 0 aromatic carbocycles. The molecule has 2 N–H and O–H groups in total. The molecule has 0 aromatic heterocycles. The average molecular weight is 240 g/mol. The summed E-state index contributed by atoms with van der Waals surface area (Å²) in [5, 5.41) is 21.1. The average Bonchev–Trinajstić information content (AvgIpc) is 2.91. The van der Waals surface area contributed by atoms with Crippen LogP contribution >= 0.6 is 0 Å². The van der Waals surface area contributed by atoms with Gasteiger partial charge in [0.2, 0.25) is 0 Å². The number of aliphatic hydroxyl groups is 2. The van der Waals surface area contributed by atoms with Crippen LogP contribution in [0.25, 0.3) is 0 Å². The van der Waals surface area contributed by atoms with Gasteiger partial charge in [0.1, 0.15) is 6.10 Å². The van der Waals surface area contributed by atoms with E-state index in [9.17, 15) is 10.2 Å². The Labute approximate surface area is 101 Å². The fraction of sp³-hybridized carbons (Fsp3) is 1.00. The number of hydrogen-bond acceptors (Lipinski definition) is 4. The largest absolute Gasteiger partial charge is 0.390 e. The molecule has 0 aromatic rings. The highest BCUT2D eigenvalue weighted by molar-refractivity contribution is 5.15. The zero-order chi connectivity index (χ0) is 11.7. The lowest BCUT2D eigenvalue weighted by molar-refractivity contribution is -0.268. The molecule has 5 fully saturated rings. The summed E-state index contributed by atoms with van der Waals surface area (Å²) in [6.07, 6.45) is 4.90. The van der Waals surface area contributed by atoms with E-state index in [4.69, 9.17) is 9.47 Å². The number of ether oxygens (including phenoxy) is 2. The summed E-state index contributed by atoms with van der Waals surface area (Å²) in [7, 11) is 0. The van der Waals surface area contributed by atoms with Gasteiger partial charge in [0, 0.05) is 19.3 Å². The lowest BCUT2D eigenvalue weighted by atomic mass is 9.50. The zero-order valence-corrected chi connectivity index (χ0v) is 10.0. The monoisotopic (exact) mass is 240 g/mol. The van der Waals surface area contributed by atoms with Gasteiger partial charge in [0.05, 0.1) is 30.0 Å². The molecule has 0 amide bonds. The topological polar surface area (TPSA) is 62.2 Å². The van der Waals surface area contributed by atoms with Gasteiger partial charge in [-0.2, -0.15) is 0 Å². The molecule has 4 aliphatic carbocycles. The van der Waals surface area contributed by atoms with E-state index in [1.807, 2.05) is 0 Å². The molecule has 3 atom stereocenters. The summed E-state index contributed by atoms with van der Waals surface area (Å²) in [5.74, 6) is 0.432. The Morgan fingerprint density at radius 3 is 2.24 bits per heavy atom. The Hall–Kier alpha value is -0.160. The second-order valence-electron chi connectivity index (χ2n) is 6.91. The fourth-order valence-corrected chi connectivity index (χ4v) is 4.84. The van der Waals surface area contributed by atoms with Gasteiger partial charge in [0.15, 0.2) is 0 Å². The standard InChI is InChI=1S/C13H20O4/c14-11-1-9-2-12(15,6-11)8-13(3-9,7-11)17-5-10-4-16-10/h9-10,14-15H,1-8H2. The molecular formula is C13H20O4. The first kappa shape index (κ1) is 10.7. The predicted molar refractivity (Wildman–Crippen MR) is 59.5 cm³/mol. The van der Waals surface area contributed by atoms with E-state index in [0.717, 1.165) is 25.9 Å². The fourth-order valence-electron chi connectivity index (χ4n) is 4.84. The van der Waals surface area contributed by atoms with Gasteiger partial charge < -0.3 is 19.7 Å². The Bertz CT molecular complexity index is 333. The van der Waals surface area contributed by atoms with Gasteiger partial charge in [-0.25, -0.2) is 0 Å². The van der Waals surface area contributed by atoms with Gasteiger partial charge in [-0.3, -0.25) is 0 Å². The van der Waals surface area contributed by atoms with Crippen LogP contribution in [0.3, 0.4) is 0 Å². The van der Waals surface area contributed by atoms with Crippen molar-refractivity contribution in [1.82, 2.24) is 0 Å². The highest BCUT2D eigenvalue weighted by atomic mass is 16.6. The number of epoxide rings is 1. The molecule has 4 bridgehead atoms. The molecule has 0 radical (unpaired) electrons. The molecule has 4 nitrogen and oxygen atoms in total.